The molecular weight excluding hydrogens is 451 g/mol. The van der Waals surface area contributed by atoms with Gasteiger partial charge in [-0.2, -0.15) is 0 Å². The standard InChI is InChI=1S/C11H14F2N4O.C11H10F2.K/c1-16-7-4-8(18)17(5-6(7)9(14)15)11(2-3-11)10(12)13;1-3-5-9-6-4-7-10(8(9)2)11(12)13;/h4-5,10H,2-3H2,1H3,(H4,14,15,16,18);1,4,6-7,11H,5H2,2H3;/q;;+1/p-1. The fourth-order valence-corrected chi connectivity index (χ4v) is 3.20. The second kappa shape index (κ2) is 12.0. The summed E-state index contributed by atoms with van der Waals surface area (Å²) in [5.74, 6) is 2.15. The average Bonchev–Trinajstić information content (AvgIpc) is 3.51. The maximum absolute atomic E-state index is 13.0. The van der Waals surface area contributed by atoms with Gasteiger partial charge in [0.25, 0.3) is 12.9 Å². The van der Waals surface area contributed by atoms with Gasteiger partial charge < -0.3 is 15.6 Å². The molecule has 10 heteroatoms. The van der Waals surface area contributed by atoms with Crippen molar-refractivity contribution in [2.45, 2.75) is 44.6 Å². The minimum atomic E-state index is -2.61. The molecule has 0 spiro atoms. The van der Waals surface area contributed by atoms with Crippen LogP contribution in [-0.2, 0) is 12.0 Å². The van der Waals surface area contributed by atoms with Crippen LogP contribution in [0.3, 0.4) is 0 Å². The topological polar surface area (TPSA) is 86.0 Å². The number of nitrogens with two attached hydrogens (primary N) is 1. The first-order valence-electron chi connectivity index (χ1n) is 9.38. The van der Waals surface area contributed by atoms with Crippen molar-refractivity contribution in [2.75, 3.05) is 7.05 Å². The number of nitrogens with zero attached hydrogens (tertiary/aromatic N) is 2. The summed E-state index contributed by atoms with van der Waals surface area (Å²) in [6.07, 6.45) is 2.22. The van der Waals surface area contributed by atoms with Crippen molar-refractivity contribution in [1.29, 1.82) is 5.41 Å². The molecule has 1 saturated carbocycles. The number of nitrogens with one attached hydrogen (secondary N) is 1. The van der Waals surface area contributed by atoms with E-state index < -0.39 is 23.9 Å². The SMILES string of the molecule is C#CCc1cccc(C(F)F)c1C.C[N-]c1cc(=O)n(C2(C(F)F)CC2)cc1C(=N)N.[K+]. The van der Waals surface area contributed by atoms with Gasteiger partial charge in [-0.3, -0.25) is 10.2 Å². The summed E-state index contributed by atoms with van der Waals surface area (Å²) < 4.78 is 51.8. The zero-order valence-electron chi connectivity index (χ0n) is 18.1. The minimum Gasteiger partial charge on any atom is -0.686 e. The number of amidine groups is 1. The molecule has 0 amide bonds. The normalized spacial score (nSPS) is 13.5. The van der Waals surface area contributed by atoms with Gasteiger partial charge in [-0.15, -0.1) is 25.1 Å². The molecule has 1 aromatic heterocycles. The molecular formula is C22H23F4KN4O. The third-order valence-corrected chi connectivity index (χ3v) is 5.23. The van der Waals surface area contributed by atoms with E-state index in [9.17, 15) is 22.4 Å². The molecule has 0 bridgehead atoms. The Kier molecular flexibility index (Phi) is 10.6. The second-order valence-electron chi connectivity index (χ2n) is 7.14. The smallest absolute Gasteiger partial charge is 0.686 e. The average molecular weight is 475 g/mol. The molecule has 1 aliphatic rings. The van der Waals surface area contributed by atoms with Gasteiger partial charge in [0, 0.05) is 23.7 Å². The van der Waals surface area contributed by atoms with E-state index in [1.807, 2.05) is 0 Å². The van der Waals surface area contributed by atoms with Gasteiger partial charge >= 0.3 is 51.4 Å². The number of benzene rings is 1. The van der Waals surface area contributed by atoms with Crippen molar-refractivity contribution in [1.82, 2.24) is 4.57 Å². The molecule has 166 valence electrons. The molecule has 1 fully saturated rings. The Hall–Kier alpha value is -1.64. The Morgan fingerprint density at radius 3 is 2.41 bits per heavy atom. The molecule has 5 nitrogen and oxygen atoms in total. The van der Waals surface area contributed by atoms with Gasteiger partial charge in [0.05, 0.1) is 0 Å². The Labute approximate surface area is 226 Å². The van der Waals surface area contributed by atoms with E-state index in [0.29, 0.717) is 12.0 Å². The number of nitrogen functional groups attached to an aromatic ring is 1. The molecule has 32 heavy (non-hydrogen) atoms. The number of hydrogen-bond acceptors (Lipinski definition) is 2. The van der Waals surface area contributed by atoms with Gasteiger partial charge in [-0.05, 0) is 37.0 Å². The summed E-state index contributed by atoms with van der Waals surface area (Å²) in [5.41, 5.74) is 5.33. The molecule has 2 aromatic rings. The number of aromatic nitrogens is 1. The summed E-state index contributed by atoms with van der Waals surface area (Å²) in [6, 6.07) is 5.96. The van der Waals surface area contributed by atoms with Gasteiger partial charge in [-0.25, -0.2) is 17.6 Å². The van der Waals surface area contributed by atoms with Gasteiger partial charge in [0.2, 0.25) is 5.56 Å². The summed E-state index contributed by atoms with van der Waals surface area (Å²) in [5, 5.41) is 11.2. The Bertz CT molecular complexity index is 1060. The molecule has 3 N–H and O–H groups in total. The van der Waals surface area contributed by atoms with E-state index in [1.165, 1.54) is 19.3 Å². The molecule has 0 saturated heterocycles. The Balaban J connectivity index is 0.000000327. The molecule has 3 rings (SSSR count). The van der Waals surface area contributed by atoms with Crippen LogP contribution in [-0.4, -0.2) is 23.9 Å². The Morgan fingerprint density at radius 2 is 1.97 bits per heavy atom. The van der Waals surface area contributed by atoms with Crippen molar-refractivity contribution < 1.29 is 68.9 Å². The minimum absolute atomic E-state index is 0. The molecule has 1 heterocycles. The van der Waals surface area contributed by atoms with E-state index in [-0.39, 0.29) is 86.9 Å². The van der Waals surface area contributed by atoms with Crippen molar-refractivity contribution >= 4 is 11.5 Å². The quantitative estimate of drug-likeness (QED) is 0.219. The number of pyridine rings is 1. The monoisotopic (exact) mass is 474 g/mol. The van der Waals surface area contributed by atoms with Crippen LogP contribution in [0.1, 0.15) is 41.5 Å². The van der Waals surface area contributed by atoms with Gasteiger partial charge in [-0.1, -0.05) is 18.2 Å². The molecule has 0 radical (unpaired) electrons. The van der Waals surface area contributed by atoms with Crippen molar-refractivity contribution in [2.24, 2.45) is 5.73 Å². The summed E-state index contributed by atoms with van der Waals surface area (Å²) in [7, 11) is 1.45. The second-order valence-corrected chi connectivity index (χ2v) is 7.14. The predicted octanol–water partition coefficient (Wildman–Crippen LogP) is 1.63. The van der Waals surface area contributed by atoms with Gasteiger partial charge in [0.1, 0.15) is 11.4 Å². The van der Waals surface area contributed by atoms with E-state index in [0.717, 1.165) is 16.2 Å². The maximum Gasteiger partial charge on any atom is 1.00 e. The van der Waals surface area contributed by atoms with Crippen LogP contribution in [0.25, 0.3) is 5.32 Å². The first-order chi connectivity index (χ1) is 14.6. The van der Waals surface area contributed by atoms with Crippen LogP contribution in [0.4, 0.5) is 23.2 Å². The third-order valence-electron chi connectivity index (χ3n) is 5.23. The largest absolute Gasteiger partial charge is 1.00 e. The van der Waals surface area contributed by atoms with Crippen LogP contribution in [0.15, 0.2) is 35.3 Å². The predicted molar refractivity (Wildman–Crippen MR) is 113 cm³/mol. The maximum atomic E-state index is 13.0. The van der Waals surface area contributed by atoms with Gasteiger partial charge in [0.15, 0.2) is 0 Å². The van der Waals surface area contributed by atoms with E-state index in [1.54, 1.807) is 19.1 Å². The molecule has 0 atom stereocenters. The van der Waals surface area contributed by atoms with Crippen molar-refractivity contribution in [3.05, 3.63) is 68.4 Å². The number of halogens is 4. The molecule has 1 aromatic carbocycles. The number of alkyl halides is 4. The summed E-state index contributed by atoms with van der Waals surface area (Å²) in [4.78, 5) is 11.8. The summed E-state index contributed by atoms with van der Waals surface area (Å²) in [6.45, 7) is 1.67. The first kappa shape index (κ1) is 28.4. The molecule has 0 unspecified atom stereocenters. The van der Waals surface area contributed by atoms with Crippen molar-refractivity contribution in [3.8, 4) is 12.3 Å². The van der Waals surface area contributed by atoms with Crippen LogP contribution in [0.2, 0.25) is 0 Å². The van der Waals surface area contributed by atoms with Crippen LogP contribution >= 0.6 is 0 Å². The van der Waals surface area contributed by atoms with Crippen LogP contribution in [0.5, 0.6) is 0 Å². The van der Waals surface area contributed by atoms with Crippen LogP contribution < -0.4 is 62.7 Å². The molecule has 0 aliphatic heterocycles. The zero-order valence-corrected chi connectivity index (χ0v) is 21.3. The van der Waals surface area contributed by atoms with E-state index in [2.05, 4.69) is 11.2 Å². The van der Waals surface area contributed by atoms with Crippen LogP contribution in [0, 0.1) is 24.7 Å². The number of hydrogen-bond donors (Lipinski definition) is 2. The van der Waals surface area contributed by atoms with E-state index >= 15 is 0 Å². The number of rotatable bonds is 6. The molecule has 1 aliphatic carbocycles. The van der Waals surface area contributed by atoms with E-state index in [4.69, 9.17) is 17.6 Å². The fourth-order valence-electron chi connectivity index (χ4n) is 3.20. The number of terminal acetylenes is 1. The Morgan fingerprint density at radius 1 is 1.34 bits per heavy atom. The first-order valence-corrected chi connectivity index (χ1v) is 9.38. The van der Waals surface area contributed by atoms with Crippen molar-refractivity contribution in [3.63, 3.8) is 0 Å². The third kappa shape index (κ3) is 6.23. The fraction of sp³-hybridized carbons (Fsp3) is 0.364. The summed E-state index contributed by atoms with van der Waals surface area (Å²) >= 11 is 0. The zero-order chi connectivity index (χ0) is 23.3.